The molecular formula is C23H36N2O5S. The maximum Gasteiger partial charge on any atom is 0.329 e. The largest absolute Gasteiger partial charge is 0.493 e. The van der Waals surface area contributed by atoms with Crippen LogP contribution in [0.25, 0.3) is 0 Å². The number of nitrogens with zero attached hydrogens (tertiary/aromatic N) is 2. The van der Waals surface area contributed by atoms with Gasteiger partial charge in [0.15, 0.2) is 0 Å². The van der Waals surface area contributed by atoms with Gasteiger partial charge in [0.1, 0.15) is 17.4 Å². The summed E-state index contributed by atoms with van der Waals surface area (Å²) in [5, 5.41) is 9.91. The molecule has 2 amide bonds. The molecule has 1 rings (SSSR count). The zero-order valence-corrected chi connectivity index (χ0v) is 20.5. The molecule has 31 heavy (non-hydrogen) atoms. The van der Waals surface area contributed by atoms with Gasteiger partial charge in [-0.25, -0.2) is 9.59 Å². The molecule has 0 spiro atoms. The van der Waals surface area contributed by atoms with E-state index < -0.39 is 23.6 Å². The van der Waals surface area contributed by atoms with Gasteiger partial charge in [0.25, 0.3) is 0 Å². The summed E-state index contributed by atoms with van der Waals surface area (Å²) in [4.78, 5) is 28.1. The van der Waals surface area contributed by atoms with Crippen LogP contribution in [0, 0.1) is 0 Å². The van der Waals surface area contributed by atoms with Crippen molar-refractivity contribution < 1.29 is 24.2 Å². The highest BCUT2D eigenvalue weighted by Crippen LogP contribution is 2.32. The lowest BCUT2D eigenvalue weighted by atomic mass is 10.0. The molecule has 0 aliphatic heterocycles. The molecule has 0 saturated heterocycles. The zero-order chi connectivity index (χ0) is 23.9. The highest BCUT2D eigenvalue weighted by Gasteiger charge is 2.42. The number of urea groups is 1. The van der Waals surface area contributed by atoms with Gasteiger partial charge in [0, 0.05) is 11.6 Å². The van der Waals surface area contributed by atoms with E-state index in [9.17, 15) is 14.7 Å². The Kier molecular flexibility index (Phi) is 9.90. The number of hydrogen-bond acceptors (Lipinski definition) is 5. The molecule has 1 aromatic carbocycles. The molecule has 174 valence electrons. The Morgan fingerprint density at radius 3 is 2.23 bits per heavy atom. The number of carboxylic acids is 1. The first-order chi connectivity index (χ1) is 14.3. The van der Waals surface area contributed by atoms with Crippen molar-refractivity contribution in [3.8, 4) is 5.75 Å². The van der Waals surface area contributed by atoms with Crippen LogP contribution in [0.15, 0.2) is 35.9 Å². The quantitative estimate of drug-likeness (QED) is 0.465. The van der Waals surface area contributed by atoms with E-state index in [1.54, 1.807) is 13.8 Å². The minimum atomic E-state index is -1.43. The van der Waals surface area contributed by atoms with E-state index in [0.29, 0.717) is 12.4 Å². The van der Waals surface area contributed by atoms with E-state index in [1.165, 1.54) is 23.6 Å². The van der Waals surface area contributed by atoms with Gasteiger partial charge in [0.05, 0.1) is 24.3 Å². The van der Waals surface area contributed by atoms with Crippen molar-refractivity contribution in [2.45, 2.75) is 72.3 Å². The number of hydrogen-bond donors (Lipinski definition) is 2. The van der Waals surface area contributed by atoms with E-state index in [4.69, 9.17) is 9.47 Å². The second kappa shape index (κ2) is 11.4. The molecule has 0 saturated carbocycles. The smallest absolute Gasteiger partial charge is 0.329 e. The van der Waals surface area contributed by atoms with Gasteiger partial charge in [-0.05, 0) is 54.5 Å². The van der Waals surface area contributed by atoms with Crippen LogP contribution in [-0.2, 0) is 9.53 Å². The van der Waals surface area contributed by atoms with Crippen molar-refractivity contribution in [3.63, 3.8) is 0 Å². The summed E-state index contributed by atoms with van der Waals surface area (Å²) < 4.78 is 11.9. The molecule has 0 fully saturated rings. The topological polar surface area (TPSA) is 79.3 Å². The highest BCUT2D eigenvalue weighted by atomic mass is 32.1. The normalized spacial score (nSPS) is 12.6. The minimum absolute atomic E-state index is 0.0996. The van der Waals surface area contributed by atoms with Crippen LogP contribution in [0.1, 0.15) is 60.1 Å². The number of thiol groups is 1. The molecule has 0 aromatic heterocycles. The second-order valence-corrected chi connectivity index (χ2v) is 8.80. The van der Waals surface area contributed by atoms with E-state index in [0.717, 1.165) is 5.56 Å². The molecule has 0 aliphatic carbocycles. The Labute approximate surface area is 191 Å². The lowest BCUT2D eigenvalue weighted by Crippen LogP contribution is -2.59. The third-order valence-electron chi connectivity index (χ3n) is 4.74. The number of carbonyl (C=O) groups is 2. The average Bonchev–Trinajstić information content (AvgIpc) is 2.64. The maximum absolute atomic E-state index is 13.5. The number of aliphatic carboxylic acids is 1. The molecular weight excluding hydrogens is 416 g/mol. The lowest BCUT2D eigenvalue weighted by molar-refractivity contribution is -0.148. The minimum Gasteiger partial charge on any atom is -0.493 e. The Hall–Kier alpha value is -2.19. The van der Waals surface area contributed by atoms with Gasteiger partial charge in [0.2, 0.25) is 0 Å². The number of para-hydroxylation sites is 1. The zero-order valence-electron chi connectivity index (χ0n) is 19.6. The van der Waals surface area contributed by atoms with Gasteiger partial charge in [-0.3, -0.25) is 4.90 Å². The molecule has 0 bridgehead atoms. The summed E-state index contributed by atoms with van der Waals surface area (Å²) >= 11 is 4.34. The van der Waals surface area contributed by atoms with E-state index in [-0.39, 0.29) is 23.7 Å². The van der Waals surface area contributed by atoms with Gasteiger partial charge in [-0.1, -0.05) is 24.8 Å². The predicted molar refractivity (Wildman–Crippen MR) is 125 cm³/mol. The Bertz CT molecular complexity index is 779. The van der Waals surface area contributed by atoms with E-state index in [1.807, 2.05) is 45.0 Å². The molecule has 0 unspecified atom stereocenters. The van der Waals surface area contributed by atoms with Crippen molar-refractivity contribution in [2.24, 2.45) is 0 Å². The number of benzene rings is 1. The summed E-state index contributed by atoms with van der Waals surface area (Å²) in [6.45, 7) is 16.7. The molecule has 1 atom stereocenters. The molecule has 0 heterocycles. The number of carbonyl (C=O) groups excluding carboxylic acids is 1. The number of ether oxygens (including phenoxy) is 2. The lowest BCUT2D eigenvalue weighted by Gasteiger charge is -2.42. The Morgan fingerprint density at radius 1 is 1.19 bits per heavy atom. The standard InChI is InChI=1S/C23H36N2O5S/c1-9-29-19-13-11-10-12-18(19)20(30-16(4)5)14-24(17(6)31)22(28)25(15(2)3)23(7,8)21(26)27/h10-13,15-16,20,31H,6,9,14H2,1-5,7-8H3,(H,26,27)/t20-/m0/s1. The second-order valence-electron chi connectivity index (χ2n) is 8.28. The molecule has 1 N–H and O–H groups in total. The first-order valence-corrected chi connectivity index (χ1v) is 10.9. The first-order valence-electron chi connectivity index (χ1n) is 10.4. The van der Waals surface area contributed by atoms with E-state index >= 15 is 0 Å². The summed E-state index contributed by atoms with van der Waals surface area (Å²) in [5.41, 5.74) is -0.635. The summed E-state index contributed by atoms with van der Waals surface area (Å²) in [6, 6.07) is 6.62. The third kappa shape index (κ3) is 6.90. The highest BCUT2D eigenvalue weighted by molar-refractivity contribution is 7.84. The van der Waals surface area contributed by atoms with Crippen LogP contribution in [0.2, 0.25) is 0 Å². The monoisotopic (exact) mass is 452 g/mol. The fourth-order valence-electron chi connectivity index (χ4n) is 3.37. The van der Waals surface area contributed by atoms with Crippen LogP contribution >= 0.6 is 12.6 Å². The van der Waals surface area contributed by atoms with Crippen molar-refractivity contribution in [3.05, 3.63) is 41.4 Å². The number of amides is 2. The summed E-state index contributed by atoms with van der Waals surface area (Å²) in [5.74, 6) is -0.435. The molecule has 0 radical (unpaired) electrons. The summed E-state index contributed by atoms with van der Waals surface area (Å²) in [6.07, 6.45) is -0.654. The van der Waals surface area contributed by atoms with Gasteiger partial charge in [-0.2, -0.15) is 0 Å². The van der Waals surface area contributed by atoms with Crippen LogP contribution < -0.4 is 4.74 Å². The molecule has 7 nitrogen and oxygen atoms in total. The van der Waals surface area contributed by atoms with Crippen molar-refractivity contribution in [2.75, 3.05) is 13.2 Å². The maximum atomic E-state index is 13.5. The number of carboxylic acid groups (broad SMARTS) is 1. The van der Waals surface area contributed by atoms with Gasteiger partial charge in [-0.15, -0.1) is 12.6 Å². The van der Waals surface area contributed by atoms with Crippen LogP contribution in [0.5, 0.6) is 5.75 Å². The van der Waals surface area contributed by atoms with Gasteiger partial charge >= 0.3 is 12.0 Å². The fraction of sp³-hybridized carbons (Fsp3) is 0.565. The van der Waals surface area contributed by atoms with Crippen LogP contribution in [0.4, 0.5) is 4.79 Å². The van der Waals surface area contributed by atoms with Crippen molar-refractivity contribution in [1.82, 2.24) is 9.80 Å². The Morgan fingerprint density at radius 2 is 1.77 bits per heavy atom. The van der Waals surface area contributed by atoms with Crippen LogP contribution in [0.3, 0.4) is 0 Å². The SMILES string of the molecule is C=C(S)N(C[C@H](OC(C)C)c1ccccc1OCC)C(=O)N(C(C)C)C(C)(C)C(=O)O. The third-order valence-corrected chi connectivity index (χ3v) is 4.98. The van der Waals surface area contributed by atoms with Crippen molar-refractivity contribution >= 4 is 24.6 Å². The van der Waals surface area contributed by atoms with E-state index in [2.05, 4.69) is 19.2 Å². The summed E-state index contributed by atoms with van der Waals surface area (Å²) in [7, 11) is 0. The number of rotatable bonds is 11. The fourth-order valence-corrected chi connectivity index (χ4v) is 3.54. The Balaban J connectivity index is 3.41. The average molecular weight is 453 g/mol. The molecule has 8 heteroatoms. The molecule has 1 aromatic rings. The van der Waals surface area contributed by atoms with Gasteiger partial charge < -0.3 is 19.5 Å². The first kappa shape index (κ1) is 26.8. The van der Waals surface area contributed by atoms with Crippen molar-refractivity contribution in [1.29, 1.82) is 0 Å². The predicted octanol–water partition coefficient (Wildman–Crippen LogP) is 4.95. The molecule has 0 aliphatic rings. The van der Waals surface area contributed by atoms with Crippen LogP contribution in [-0.4, -0.2) is 57.7 Å².